The van der Waals surface area contributed by atoms with Gasteiger partial charge in [0.15, 0.2) is 5.78 Å². The highest BCUT2D eigenvalue weighted by molar-refractivity contribution is 6.05. The van der Waals surface area contributed by atoms with Gasteiger partial charge >= 0.3 is 5.97 Å². The first kappa shape index (κ1) is 28.2. The van der Waals surface area contributed by atoms with Crippen LogP contribution in [0.2, 0.25) is 0 Å². The fraction of sp³-hybridized carbons (Fsp3) is 0.767. The summed E-state index contributed by atoms with van der Waals surface area (Å²) in [5.74, 6) is -1.50. The van der Waals surface area contributed by atoms with Crippen LogP contribution in [-0.2, 0) is 14.4 Å². The molecule has 0 saturated heterocycles. The van der Waals surface area contributed by atoms with E-state index in [0.717, 1.165) is 0 Å². The van der Waals surface area contributed by atoms with Gasteiger partial charge in [0.05, 0.1) is 23.7 Å². The van der Waals surface area contributed by atoms with E-state index in [-0.39, 0.29) is 54.2 Å². The third-order valence-corrected chi connectivity index (χ3v) is 11.4. The standard InChI is InChI=1S/C30H44O7/c1-15(10-17(31)11-16(2)26(36)37)18-12-23(35)30(7)25-19(32)13-21-27(3,4)22(34)8-9-28(21,5)24(25)20(33)14-29(18,30)6/h11,15,17-19,21-22,31-32,34H,8-10,12-14H2,1-7H3,(H,36,37)/b16-11+/t15-,17?,18?,19+,21?,22+,28?,29?,30+/m1/s1. The van der Waals surface area contributed by atoms with E-state index < -0.39 is 45.9 Å². The van der Waals surface area contributed by atoms with Crippen LogP contribution in [0.4, 0.5) is 0 Å². The fourth-order valence-corrected chi connectivity index (χ4v) is 9.07. The molecule has 0 aromatic carbocycles. The van der Waals surface area contributed by atoms with Gasteiger partial charge in [-0.3, -0.25) is 9.59 Å². The second kappa shape index (κ2) is 8.85. The Hall–Kier alpha value is -1.83. The maximum absolute atomic E-state index is 14.1. The van der Waals surface area contributed by atoms with E-state index >= 15 is 0 Å². The number of aliphatic hydroxyl groups is 3. The number of ketones is 2. The number of carbonyl (C=O) groups is 3. The van der Waals surface area contributed by atoms with Crippen molar-refractivity contribution in [2.75, 3.05) is 0 Å². The van der Waals surface area contributed by atoms with E-state index in [1.165, 1.54) is 13.0 Å². The molecular weight excluding hydrogens is 472 g/mol. The summed E-state index contributed by atoms with van der Waals surface area (Å²) in [7, 11) is 0. The summed E-state index contributed by atoms with van der Waals surface area (Å²) >= 11 is 0. The highest BCUT2D eigenvalue weighted by Crippen LogP contribution is 2.70. The molecule has 37 heavy (non-hydrogen) atoms. The summed E-state index contributed by atoms with van der Waals surface area (Å²) in [6, 6.07) is 0. The van der Waals surface area contributed by atoms with Gasteiger partial charge in [-0.1, -0.05) is 34.6 Å². The lowest BCUT2D eigenvalue weighted by atomic mass is 9.42. The first-order valence-electron chi connectivity index (χ1n) is 13.7. The Morgan fingerprint density at radius 3 is 2.35 bits per heavy atom. The highest BCUT2D eigenvalue weighted by Gasteiger charge is 2.70. The fourth-order valence-electron chi connectivity index (χ4n) is 9.07. The maximum Gasteiger partial charge on any atom is 0.331 e. The van der Waals surface area contributed by atoms with Crippen LogP contribution in [0.25, 0.3) is 0 Å². The van der Waals surface area contributed by atoms with Crippen LogP contribution in [0.3, 0.4) is 0 Å². The molecule has 0 aromatic heterocycles. The molecule has 0 aliphatic heterocycles. The molecule has 4 rings (SSSR count). The first-order chi connectivity index (χ1) is 16.9. The normalized spacial score (nSPS) is 43.1. The second-order valence-corrected chi connectivity index (χ2v) is 13.7. The van der Waals surface area contributed by atoms with Crippen molar-refractivity contribution in [2.45, 2.75) is 105 Å². The van der Waals surface area contributed by atoms with E-state index in [2.05, 4.69) is 6.92 Å². The average Bonchev–Trinajstić information content (AvgIpc) is 2.99. The van der Waals surface area contributed by atoms with Crippen LogP contribution in [0.5, 0.6) is 0 Å². The summed E-state index contributed by atoms with van der Waals surface area (Å²) in [5.41, 5.74) is -1.42. The number of carboxylic acids is 1. The van der Waals surface area contributed by atoms with Crippen molar-refractivity contribution in [1.29, 1.82) is 0 Å². The summed E-state index contributed by atoms with van der Waals surface area (Å²) in [4.78, 5) is 39.2. The summed E-state index contributed by atoms with van der Waals surface area (Å²) in [6.07, 6.45) is 1.26. The topological polar surface area (TPSA) is 132 Å². The number of carboxylic acid groups (broad SMARTS) is 1. The number of aliphatic hydroxyl groups excluding tert-OH is 3. The molecule has 0 amide bonds. The summed E-state index contributed by atoms with van der Waals surface area (Å²) < 4.78 is 0. The van der Waals surface area contributed by atoms with Gasteiger partial charge in [0.25, 0.3) is 0 Å². The van der Waals surface area contributed by atoms with Crippen LogP contribution in [0.15, 0.2) is 22.8 Å². The van der Waals surface area contributed by atoms with E-state index in [0.29, 0.717) is 30.4 Å². The van der Waals surface area contributed by atoms with E-state index in [4.69, 9.17) is 5.11 Å². The van der Waals surface area contributed by atoms with Crippen molar-refractivity contribution in [2.24, 2.45) is 39.4 Å². The molecule has 4 N–H and O–H groups in total. The van der Waals surface area contributed by atoms with Gasteiger partial charge in [-0.2, -0.15) is 0 Å². The van der Waals surface area contributed by atoms with Crippen molar-refractivity contribution < 1.29 is 34.8 Å². The molecule has 2 saturated carbocycles. The van der Waals surface area contributed by atoms with Crippen LogP contribution < -0.4 is 0 Å². The minimum Gasteiger partial charge on any atom is -0.478 e. The first-order valence-corrected chi connectivity index (χ1v) is 13.7. The molecule has 0 radical (unpaired) electrons. The van der Waals surface area contributed by atoms with Crippen LogP contribution >= 0.6 is 0 Å². The van der Waals surface area contributed by atoms with Crippen LogP contribution in [0.1, 0.15) is 87.0 Å². The van der Waals surface area contributed by atoms with Crippen molar-refractivity contribution >= 4 is 17.5 Å². The van der Waals surface area contributed by atoms with Crippen molar-refractivity contribution in [3.8, 4) is 0 Å². The van der Waals surface area contributed by atoms with Crippen LogP contribution in [0, 0.1) is 39.4 Å². The van der Waals surface area contributed by atoms with Gasteiger partial charge < -0.3 is 20.4 Å². The molecule has 4 aliphatic rings. The van der Waals surface area contributed by atoms with Crippen molar-refractivity contribution in [1.82, 2.24) is 0 Å². The largest absolute Gasteiger partial charge is 0.478 e. The average molecular weight is 517 g/mol. The number of hydrogen-bond acceptors (Lipinski definition) is 6. The number of Topliss-reactive ketones (excluding diaryl/α,β-unsaturated/α-hetero) is 2. The number of fused-ring (bicyclic) bond motifs is 4. The predicted molar refractivity (Wildman–Crippen MR) is 138 cm³/mol. The molecule has 9 atom stereocenters. The Labute approximate surface area is 220 Å². The molecule has 7 nitrogen and oxygen atoms in total. The lowest BCUT2D eigenvalue weighted by Gasteiger charge is -2.61. The van der Waals surface area contributed by atoms with Gasteiger partial charge in [-0.25, -0.2) is 4.79 Å². The number of carbonyl (C=O) groups excluding carboxylic acids is 2. The number of hydrogen-bond donors (Lipinski definition) is 4. The molecule has 0 bridgehead atoms. The smallest absolute Gasteiger partial charge is 0.331 e. The zero-order valence-electron chi connectivity index (χ0n) is 23.3. The van der Waals surface area contributed by atoms with Gasteiger partial charge in [0.2, 0.25) is 0 Å². The zero-order valence-corrected chi connectivity index (χ0v) is 23.3. The Kier molecular flexibility index (Phi) is 6.74. The number of aliphatic carboxylic acids is 1. The predicted octanol–water partition coefficient (Wildman–Crippen LogP) is 3.84. The second-order valence-electron chi connectivity index (χ2n) is 13.7. The molecule has 0 spiro atoms. The van der Waals surface area contributed by atoms with E-state index in [9.17, 15) is 29.7 Å². The molecule has 206 valence electrons. The molecule has 7 heteroatoms. The molecule has 5 unspecified atom stereocenters. The minimum absolute atomic E-state index is 0.0116. The Morgan fingerprint density at radius 1 is 1.14 bits per heavy atom. The Bertz CT molecular complexity index is 1090. The van der Waals surface area contributed by atoms with Crippen LogP contribution in [-0.4, -0.2) is 56.3 Å². The van der Waals surface area contributed by atoms with Gasteiger partial charge in [0.1, 0.15) is 5.78 Å². The van der Waals surface area contributed by atoms with E-state index in [1.807, 2.05) is 34.6 Å². The maximum atomic E-state index is 14.1. The molecule has 4 aliphatic carbocycles. The van der Waals surface area contributed by atoms with Crippen molar-refractivity contribution in [3.05, 3.63) is 22.8 Å². The van der Waals surface area contributed by atoms with E-state index in [1.54, 1.807) is 0 Å². The Morgan fingerprint density at radius 2 is 1.76 bits per heavy atom. The lowest BCUT2D eigenvalue weighted by molar-refractivity contribution is -0.142. The van der Waals surface area contributed by atoms with Gasteiger partial charge in [-0.05, 0) is 85.2 Å². The monoisotopic (exact) mass is 516 g/mol. The van der Waals surface area contributed by atoms with Crippen molar-refractivity contribution in [3.63, 3.8) is 0 Å². The third-order valence-electron chi connectivity index (χ3n) is 11.4. The summed E-state index contributed by atoms with van der Waals surface area (Å²) in [5, 5.41) is 42.1. The SMILES string of the molecule is C/C(=C\C(O)C[C@@H](C)C1CC(=O)[C@@]2(C)C3=C(C(=O)CC12C)C1(C)CC[C@H](O)C(C)(C)C1C[C@@H]3O)C(=O)O. The molecule has 2 fully saturated rings. The molecular formula is C30H44O7. The quantitative estimate of drug-likeness (QED) is 0.408. The third kappa shape index (κ3) is 3.82. The van der Waals surface area contributed by atoms with Gasteiger partial charge in [-0.15, -0.1) is 0 Å². The summed E-state index contributed by atoms with van der Waals surface area (Å²) in [6.45, 7) is 13.4. The zero-order chi connectivity index (χ0) is 27.9. The molecule has 0 aromatic rings. The Balaban J connectivity index is 1.77. The minimum atomic E-state index is -1.09. The number of allylic oxidation sites excluding steroid dienone is 1. The van der Waals surface area contributed by atoms with Gasteiger partial charge in [0, 0.05) is 24.0 Å². The number of rotatable bonds is 5. The molecule has 0 heterocycles. The lowest BCUT2D eigenvalue weighted by Crippen LogP contribution is -2.60. The highest BCUT2D eigenvalue weighted by atomic mass is 16.4.